The van der Waals surface area contributed by atoms with Gasteiger partial charge < -0.3 is 4.74 Å². The number of thioether (sulfide) groups is 2. The summed E-state index contributed by atoms with van der Waals surface area (Å²) in [5.41, 5.74) is 0.783. The Bertz CT molecular complexity index is 360. The number of benzene rings is 1. The molecule has 0 heterocycles. The van der Waals surface area contributed by atoms with Gasteiger partial charge in [-0.3, -0.25) is 0 Å². The van der Waals surface area contributed by atoms with Gasteiger partial charge in [-0.1, -0.05) is 6.07 Å². The molecule has 0 spiro atoms. The third kappa shape index (κ3) is 3.45. The maximum Gasteiger partial charge on any atom is 0.101 e. The summed E-state index contributed by atoms with van der Waals surface area (Å²) in [7, 11) is 1.68. The van der Waals surface area contributed by atoms with E-state index in [1.165, 1.54) is 0 Å². The van der Waals surface area contributed by atoms with Crippen molar-refractivity contribution >= 4 is 23.5 Å². The van der Waals surface area contributed by atoms with Crippen molar-refractivity contribution in [3.63, 3.8) is 0 Å². The lowest BCUT2D eigenvalue weighted by Crippen LogP contribution is -1.93. The Hall–Kier alpha value is -0.630. The van der Waals surface area contributed by atoms with Gasteiger partial charge in [0.25, 0.3) is 0 Å². The third-order valence-electron chi connectivity index (χ3n) is 1.86. The fraction of sp³-hybridized carbons (Fsp3) is 0.364. The van der Waals surface area contributed by atoms with Crippen molar-refractivity contribution in [2.75, 3.05) is 25.7 Å². The first-order valence-corrected chi connectivity index (χ1v) is 6.73. The number of ether oxygens (including phenoxy) is 1. The molecule has 1 rings (SSSR count). The molecular formula is C11H13NOS2. The smallest absolute Gasteiger partial charge is 0.101 e. The molecule has 0 saturated heterocycles. The van der Waals surface area contributed by atoms with E-state index in [0.29, 0.717) is 6.61 Å². The largest absolute Gasteiger partial charge is 0.384 e. The predicted molar refractivity (Wildman–Crippen MR) is 65.5 cm³/mol. The van der Waals surface area contributed by atoms with Crippen molar-refractivity contribution in [3.8, 4) is 6.07 Å². The molecule has 0 aliphatic heterocycles. The first kappa shape index (κ1) is 12.4. The molecule has 0 fully saturated rings. The fourth-order valence-corrected chi connectivity index (χ4v) is 2.73. The maximum absolute atomic E-state index is 9.08. The summed E-state index contributed by atoms with van der Waals surface area (Å²) in [6, 6.07) is 8.21. The Morgan fingerprint density at radius 3 is 2.73 bits per heavy atom. The summed E-state index contributed by atoms with van der Waals surface area (Å²) in [5.74, 6) is 0.878. The van der Waals surface area contributed by atoms with Crippen molar-refractivity contribution in [3.05, 3.63) is 23.8 Å². The molecule has 0 amide bonds. The molecule has 1 aromatic carbocycles. The Kier molecular flexibility index (Phi) is 5.62. The lowest BCUT2D eigenvalue weighted by Gasteiger charge is -2.06. The van der Waals surface area contributed by atoms with E-state index in [1.807, 2.05) is 24.5 Å². The number of rotatable bonds is 5. The van der Waals surface area contributed by atoms with Crippen LogP contribution in [0.15, 0.2) is 28.0 Å². The summed E-state index contributed by atoms with van der Waals surface area (Å²) in [4.78, 5) is 2.08. The van der Waals surface area contributed by atoms with Crippen molar-refractivity contribution in [2.24, 2.45) is 0 Å². The van der Waals surface area contributed by atoms with Crippen LogP contribution in [0, 0.1) is 11.3 Å². The van der Waals surface area contributed by atoms with Gasteiger partial charge in [0.05, 0.1) is 12.2 Å². The monoisotopic (exact) mass is 239 g/mol. The molecule has 0 atom stereocenters. The highest BCUT2D eigenvalue weighted by Gasteiger charge is 2.06. The van der Waals surface area contributed by atoms with E-state index in [1.54, 1.807) is 30.6 Å². The van der Waals surface area contributed by atoms with Gasteiger partial charge in [0.15, 0.2) is 0 Å². The molecule has 0 aromatic heterocycles. The van der Waals surface area contributed by atoms with Crippen LogP contribution in [0.1, 0.15) is 5.56 Å². The van der Waals surface area contributed by atoms with Crippen LogP contribution in [-0.2, 0) is 4.74 Å². The second-order valence-electron chi connectivity index (χ2n) is 2.79. The third-order valence-corrected chi connectivity index (χ3v) is 3.67. The van der Waals surface area contributed by atoms with Gasteiger partial charge >= 0.3 is 0 Å². The summed E-state index contributed by atoms with van der Waals surface area (Å²) >= 11 is 3.27. The predicted octanol–water partition coefficient (Wildman–Crippen LogP) is 3.02. The highest BCUT2D eigenvalue weighted by atomic mass is 32.2. The summed E-state index contributed by atoms with van der Waals surface area (Å²) in [6.07, 6.45) is 1.99. The van der Waals surface area contributed by atoms with Gasteiger partial charge in [0, 0.05) is 22.7 Å². The lowest BCUT2D eigenvalue weighted by molar-refractivity contribution is 0.218. The molecule has 0 aliphatic rings. The number of hydrogen-bond donors (Lipinski definition) is 0. The van der Waals surface area contributed by atoms with Gasteiger partial charge in [-0.15, -0.1) is 23.5 Å². The standard InChI is InChI=1S/C11H13NOS2/c1-13-6-7-15-11-5-3-4-10(14-2)9(11)8-12/h3-5H,6-7H2,1-2H3. The van der Waals surface area contributed by atoms with Gasteiger partial charge in [0.2, 0.25) is 0 Å². The summed E-state index contributed by atoms with van der Waals surface area (Å²) in [5, 5.41) is 9.08. The van der Waals surface area contributed by atoms with Crippen molar-refractivity contribution in [1.29, 1.82) is 5.26 Å². The molecule has 1 aromatic rings. The SMILES string of the molecule is COCCSc1cccc(SC)c1C#N. The zero-order chi connectivity index (χ0) is 11.1. The van der Waals surface area contributed by atoms with Crippen LogP contribution < -0.4 is 0 Å². The molecule has 0 N–H and O–H groups in total. The number of nitriles is 1. The average molecular weight is 239 g/mol. The van der Waals surface area contributed by atoms with Crippen LogP contribution in [0.2, 0.25) is 0 Å². The molecule has 4 heteroatoms. The molecule has 0 radical (unpaired) electrons. The van der Waals surface area contributed by atoms with E-state index < -0.39 is 0 Å². The van der Waals surface area contributed by atoms with E-state index in [4.69, 9.17) is 10.00 Å². The maximum atomic E-state index is 9.08. The highest BCUT2D eigenvalue weighted by molar-refractivity contribution is 7.99. The second-order valence-corrected chi connectivity index (χ2v) is 4.77. The molecule has 0 unspecified atom stereocenters. The molecule has 0 saturated carbocycles. The second kappa shape index (κ2) is 6.78. The van der Waals surface area contributed by atoms with E-state index in [2.05, 4.69) is 6.07 Å². The summed E-state index contributed by atoms with van der Waals surface area (Å²) < 4.78 is 4.98. The molecule has 2 nitrogen and oxygen atoms in total. The lowest BCUT2D eigenvalue weighted by atomic mass is 10.2. The van der Waals surface area contributed by atoms with E-state index in [9.17, 15) is 0 Å². The topological polar surface area (TPSA) is 33.0 Å². The minimum atomic E-state index is 0.707. The highest BCUT2D eigenvalue weighted by Crippen LogP contribution is 2.29. The number of nitrogens with zero attached hydrogens (tertiary/aromatic N) is 1. The van der Waals surface area contributed by atoms with Crippen LogP contribution >= 0.6 is 23.5 Å². The van der Waals surface area contributed by atoms with Crippen LogP contribution in [0.25, 0.3) is 0 Å². The Morgan fingerprint density at radius 2 is 2.13 bits per heavy atom. The zero-order valence-electron chi connectivity index (χ0n) is 8.82. The van der Waals surface area contributed by atoms with Crippen LogP contribution in [0.5, 0.6) is 0 Å². The van der Waals surface area contributed by atoms with Crippen LogP contribution in [-0.4, -0.2) is 25.7 Å². The van der Waals surface area contributed by atoms with Crippen LogP contribution in [0.3, 0.4) is 0 Å². The van der Waals surface area contributed by atoms with Crippen molar-refractivity contribution < 1.29 is 4.74 Å². The van der Waals surface area contributed by atoms with Gasteiger partial charge in [-0.25, -0.2) is 0 Å². The molecule has 0 bridgehead atoms. The number of hydrogen-bond acceptors (Lipinski definition) is 4. The Labute approximate surface area is 99.0 Å². The van der Waals surface area contributed by atoms with Gasteiger partial charge in [-0.05, 0) is 18.4 Å². The normalized spacial score (nSPS) is 9.93. The van der Waals surface area contributed by atoms with Gasteiger partial charge in [-0.2, -0.15) is 5.26 Å². The Morgan fingerprint density at radius 1 is 1.40 bits per heavy atom. The van der Waals surface area contributed by atoms with Gasteiger partial charge in [0.1, 0.15) is 6.07 Å². The van der Waals surface area contributed by atoms with Crippen molar-refractivity contribution in [1.82, 2.24) is 0 Å². The fourth-order valence-electron chi connectivity index (χ4n) is 1.15. The Balaban J connectivity index is 2.83. The van der Waals surface area contributed by atoms with E-state index >= 15 is 0 Å². The minimum absolute atomic E-state index is 0.707. The van der Waals surface area contributed by atoms with E-state index in [0.717, 1.165) is 21.1 Å². The first-order valence-electron chi connectivity index (χ1n) is 4.52. The quantitative estimate of drug-likeness (QED) is 0.584. The number of methoxy groups -OCH3 is 1. The molecule has 0 aliphatic carbocycles. The molecule has 15 heavy (non-hydrogen) atoms. The van der Waals surface area contributed by atoms with Crippen LogP contribution in [0.4, 0.5) is 0 Å². The summed E-state index contributed by atoms with van der Waals surface area (Å²) in [6.45, 7) is 0.707. The average Bonchev–Trinajstić information content (AvgIpc) is 2.29. The molecular weight excluding hydrogens is 226 g/mol. The zero-order valence-corrected chi connectivity index (χ0v) is 10.5. The van der Waals surface area contributed by atoms with Crippen molar-refractivity contribution in [2.45, 2.75) is 9.79 Å². The molecule has 80 valence electrons. The van der Waals surface area contributed by atoms with E-state index in [-0.39, 0.29) is 0 Å². The minimum Gasteiger partial charge on any atom is -0.384 e. The first-order chi connectivity index (χ1) is 7.33.